The molecule has 6 heteroatoms. The number of nitrogens with zero attached hydrogens (tertiary/aromatic N) is 1. The predicted molar refractivity (Wildman–Crippen MR) is 64.0 cm³/mol. The second-order valence-electron chi connectivity index (χ2n) is 3.50. The van der Waals surface area contributed by atoms with Crippen molar-refractivity contribution >= 4 is 23.4 Å². The summed E-state index contributed by atoms with van der Waals surface area (Å²) in [6.07, 6.45) is 0.761. The van der Waals surface area contributed by atoms with Crippen molar-refractivity contribution in [2.75, 3.05) is 20.1 Å². The highest BCUT2D eigenvalue weighted by molar-refractivity contribution is 6.29. The molecule has 0 spiro atoms. The maximum absolute atomic E-state index is 12.0. The van der Waals surface area contributed by atoms with Crippen molar-refractivity contribution in [3.8, 4) is 0 Å². The van der Waals surface area contributed by atoms with E-state index in [2.05, 4.69) is 5.32 Å². The minimum atomic E-state index is -0.331. The zero-order valence-corrected chi connectivity index (χ0v) is 10.6. The molecule has 17 heavy (non-hydrogen) atoms. The number of hydrogen-bond donors (Lipinski definition) is 1. The molecule has 94 valence electrons. The van der Waals surface area contributed by atoms with Crippen LogP contribution in [-0.4, -0.2) is 36.9 Å². The Morgan fingerprint density at radius 2 is 2.18 bits per heavy atom. The number of amides is 2. The fraction of sp³-hybridized carbons (Fsp3) is 0.455. The lowest BCUT2D eigenvalue weighted by Crippen LogP contribution is -2.39. The summed E-state index contributed by atoms with van der Waals surface area (Å²) in [6, 6.07) is 3.00. The molecule has 0 aliphatic rings. The van der Waals surface area contributed by atoms with Crippen LogP contribution in [0.5, 0.6) is 0 Å². The maximum Gasteiger partial charge on any atom is 0.290 e. The van der Waals surface area contributed by atoms with Crippen LogP contribution < -0.4 is 5.32 Å². The minimum Gasteiger partial charge on any atom is -0.440 e. The highest BCUT2D eigenvalue weighted by atomic mass is 35.5. The maximum atomic E-state index is 12.0. The van der Waals surface area contributed by atoms with Crippen LogP contribution in [0.2, 0.25) is 5.22 Å². The van der Waals surface area contributed by atoms with E-state index in [1.165, 1.54) is 24.1 Å². The smallest absolute Gasteiger partial charge is 0.290 e. The fourth-order valence-electron chi connectivity index (χ4n) is 1.36. The normalized spacial score (nSPS) is 10.1. The molecule has 0 fully saturated rings. The summed E-state index contributed by atoms with van der Waals surface area (Å²) >= 11 is 5.60. The van der Waals surface area contributed by atoms with Crippen molar-refractivity contribution in [2.45, 2.75) is 13.3 Å². The predicted octanol–water partition coefficient (Wildman–Crippen LogP) is 1.53. The number of carbonyl (C=O) groups is 2. The molecular weight excluding hydrogens is 244 g/mol. The zero-order chi connectivity index (χ0) is 12.8. The van der Waals surface area contributed by atoms with E-state index >= 15 is 0 Å². The van der Waals surface area contributed by atoms with Crippen LogP contribution in [0.25, 0.3) is 0 Å². The number of carbonyl (C=O) groups excluding carboxylic acids is 2. The molecule has 0 unspecified atom stereocenters. The van der Waals surface area contributed by atoms with Crippen molar-refractivity contribution in [3.63, 3.8) is 0 Å². The molecule has 2 amide bonds. The summed E-state index contributed by atoms with van der Waals surface area (Å²) in [7, 11) is 1.53. The van der Waals surface area contributed by atoms with Gasteiger partial charge in [0.05, 0.1) is 6.54 Å². The molecule has 1 aromatic rings. The van der Waals surface area contributed by atoms with Crippen LogP contribution in [0.3, 0.4) is 0 Å². The number of rotatable bonds is 5. The molecule has 0 bridgehead atoms. The second-order valence-corrected chi connectivity index (χ2v) is 3.88. The van der Waals surface area contributed by atoms with Crippen molar-refractivity contribution < 1.29 is 14.0 Å². The summed E-state index contributed by atoms with van der Waals surface area (Å²) in [6.45, 7) is 2.44. The highest BCUT2D eigenvalue weighted by Crippen LogP contribution is 2.15. The van der Waals surface area contributed by atoms with E-state index < -0.39 is 0 Å². The lowest BCUT2D eigenvalue weighted by Gasteiger charge is -2.19. The quantitative estimate of drug-likeness (QED) is 0.871. The lowest BCUT2D eigenvalue weighted by atomic mass is 10.3. The molecule has 0 radical (unpaired) electrons. The first-order valence-corrected chi connectivity index (χ1v) is 5.71. The van der Waals surface area contributed by atoms with Gasteiger partial charge >= 0.3 is 0 Å². The number of nitrogens with one attached hydrogen (secondary N) is 1. The van der Waals surface area contributed by atoms with Crippen LogP contribution in [0.1, 0.15) is 23.9 Å². The van der Waals surface area contributed by atoms with Gasteiger partial charge in [0.2, 0.25) is 5.91 Å². The molecule has 5 nitrogen and oxygen atoms in total. The van der Waals surface area contributed by atoms with Crippen molar-refractivity contribution in [1.82, 2.24) is 10.2 Å². The molecule has 0 atom stereocenters. The van der Waals surface area contributed by atoms with Crippen LogP contribution in [0.15, 0.2) is 16.5 Å². The molecule has 0 aliphatic carbocycles. The Kier molecular flexibility index (Phi) is 5.03. The van der Waals surface area contributed by atoms with Crippen LogP contribution in [0.4, 0.5) is 0 Å². The molecule has 1 rings (SSSR count). The van der Waals surface area contributed by atoms with E-state index in [0.29, 0.717) is 6.54 Å². The Morgan fingerprint density at radius 3 is 2.65 bits per heavy atom. The number of furan rings is 1. The number of hydrogen-bond acceptors (Lipinski definition) is 3. The van der Waals surface area contributed by atoms with E-state index in [1.807, 2.05) is 6.92 Å². The zero-order valence-electron chi connectivity index (χ0n) is 9.83. The van der Waals surface area contributed by atoms with Crippen molar-refractivity contribution in [2.24, 2.45) is 0 Å². The number of halogens is 1. The third-order valence-corrected chi connectivity index (χ3v) is 2.38. The third kappa shape index (κ3) is 3.78. The van der Waals surface area contributed by atoms with Crippen LogP contribution >= 0.6 is 11.6 Å². The monoisotopic (exact) mass is 258 g/mol. The SMILES string of the molecule is CCCN(CC(=O)NC)C(=O)c1ccc(Cl)o1. The average molecular weight is 259 g/mol. The summed E-state index contributed by atoms with van der Waals surface area (Å²) < 4.78 is 5.03. The highest BCUT2D eigenvalue weighted by Gasteiger charge is 2.20. The Hall–Kier alpha value is -1.49. The van der Waals surface area contributed by atoms with Crippen molar-refractivity contribution in [3.05, 3.63) is 23.1 Å². The first-order chi connectivity index (χ1) is 8.08. The van der Waals surface area contributed by atoms with Crippen molar-refractivity contribution in [1.29, 1.82) is 0 Å². The first-order valence-electron chi connectivity index (χ1n) is 5.33. The van der Waals surface area contributed by atoms with Gasteiger partial charge in [-0.25, -0.2) is 0 Å². The van der Waals surface area contributed by atoms with E-state index in [0.717, 1.165) is 6.42 Å². The van der Waals surface area contributed by atoms with Gasteiger partial charge in [0, 0.05) is 13.6 Å². The van der Waals surface area contributed by atoms with Gasteiger partial charge in [-0.1, -0.05) is 6.92 Å². The second kappa shape index (κ2) is 6.30. The summed E-state index contributed by atoms with van der Waals surface area (Å²) in [5, 5.41) is 2.63. The van der Waals surface area contributed by atoms with Gasteiger partial charge in [0.25, 0.3) is 5.91 Å². The summed E-state index contributed by atoms with van der Waals surface area (Å²) in [5.41, 5.74) is 0. The summed E-state index contributed by atoms with van der Waals surface area (Å²) in [5.74, 6) is -0.404. The molecule has 0 aliphatic heterocycles. The van der Waals surface area contributed by atoms with Crippen LogP contribution in [-0.2, 0) is 4.79 Å². The largest absolute Gasteiger partial charge is 0.440 e. The Balaban J connectivity index is 2.76. The van der Waals surface area contributed by atoms with Gasteiger partial charge in [-0.3, -0.25) is 9.59 Å². The Morgan fingerprint density at radius 1 is 1.47 bits per heavy atom. The van der Waals surface area contributed by atoms with Crippen LogP contribution in [0, 0.1) is 0 Å². The van der Waals surface area contributed by atoms with E-state index in [9.17, 15) is 9.59 Å². The minimum absolute atomic E-state index is 0.0154. The van der Waals surface area contributed by atoms with Gasteiger partial charge in [-0.15, -0.1) is 0 Å². The van der Waals surface area contributed by atoms with E-state index in [4.69, 9.17) is 16.0 Å². The molecule has 0 aromatic carbocycles. The van der Waals surface area contributed by atoms with Gasteiger partial charge in [0.1, 0.15) is 0 Å². The molecule has 0 saturated carbocycles. The Labute approximate surface area is 105 Å². The van der Waals surface area contributed by atoms with E-state index in [-0.39, 0.29) is 29.3 Å². The molecular formula is C11H15ClN2O3. The standard InChI is InChI=1S/C11H15ClN2O3/c1-3-6-14(7-10(15)13-2)11(16)8-4-5-9(12)17-8/h4-5H,3,6-7H2,1-2H3,(H,13,15). The first kappa shape index (κ1) is 13.6. The van der Waals surface area contributed by atoms with Gasteiger partial charge in [0.15, 0.2) is 11.0 Å². The third-order valence-electron chi connectivity index (χ3n) is 2.18. The molecule has 1 aromatic heterocycles. The van der Waals surface area contributed by atoms with Gasteiger partial charge < -0.3 is 14.6 Å². The lowest BCUT2D eigenvalue weighted by molar-refractivity contribution is -0.121. The molecule has 1 N–H and O–H groups in total. The van der Waals surface area contributed by atoms with Gasteiger partial charge in [-0.05, 0) is 30.2 Å². The summed E-state index contributed by atoms with van der Waals surface area (Å²) in [4.78, 5) is 24.7. The number of likely N-dealkylation sites (N-methyl/N-ethyl adjacent to an activating group) is 1. The Bertz CT molecular complexity index is 403. The topological polar surface area (TPSA) is 62.6 Å². The molecule has 0 saturated heterocycles. The average Bonchev–Trinajstić information content (AvgIpc) is 2.74. The van der Waals surface area contributed by atoms with Gasteiger partial charge in [-0.2, -0.15) is 0 Å². The van der Waals surface area contributed by atoms with E-state index in [1.54, 1.807) is 0 Å². The fourth-order valence-corrected chi connectivity index (χ4v) is 1.51. The molecule has 1 heterocycles.